The van der Waals surface area contributed by atoms with E-state index in [0.717, 1.165) is 25.1 Å². The molecule has 0 radical (unpaired) electrons. The first-order valence-electron chi connectivity index (χ1n) is 8.96. The summed E-state index contributed by atoms with van der Waals surface area (Å²) in [4.78, 5) is 13.0. The molecule has 1 fully saturated rings. The van der Waals surface area contributed by atoms with E-state index in [1.54, 1.807) is 17.0 Å². The summed E-state index contributed by atoms with van der Waals surface area (Å²) in [5.41, 5.74) is 1.98. The number of nitrogens with zero attached hydrogens (tertiary/aromatic N) is 2. The van der Waals surface area contributed by atoms with Gasteiger partial charge in [0.25, 0.3) is 5.91 Å². The van der Waals surface area contributed by atoms with Crippen LogP contribution in [0.2, 0.25) is 0 Å². The molecule has 0 saturated carbocycles. The quantitative estimate of drug-likeness (QED) is 0.720. The van der Waals surface area contributed by atoms with E-state index in [0.29, 0.717) is 17.1 Å². The lowest BCUT2D eigenvalue weighted by Gasteiger charge is -2.30. The summed E-state index contributed by atoms with van der Waals surface area (Å²) in [6.07, 6.45) is 3.64. The number of para-hydroxylation sites is 1. The highest BCUT2D eigenvalue weighted by molar-refractivity contribution is 5.94. The zero-order chi connectivity index (χ0) is 17.9. The number of carbonyl (C=O) groups excluding carboxylic acids is 1. The van der Waals surface area contributed by atoms with Crippen LogP contribution in [0.1, 0.15) is 30.3 Å². The molecule has 3 heterocycles. The maximum atomic E-state index is 13.0. The molecule has 2 unspecified atom stereocenters. The van der Waals surface area contributed by atoms with E-state index < -0.39 is 0 Å². The van der Waals surface area contributed by atoms with Crippen LogP contribution in [0.25, 0.3) is 17.1 Å². The number of carbonyl (C=O) groups is 1. The minimum absolute atomic E-state index is 0. The second-order valence-electron chi connectivity index (χ2n) is 6.60. The Kier molecular flexibility index (Phi) is 5.98. The minimum atomic E-state index is -0.125. The Hall–Kier alpha value is -2.57. The van der Waals surface area contributed by atoms with Gasteiger partial charge in [-0.15, -0.1) is 12.4 Å². The van der Waals surface area contributed by atoms with Gasteiger partial charge in [0, 0.05) is 18.2 Å². The molecule has 6 nitrogen and oxygen atoms in total. The molecule has 4 rings (SSSR count). The van der Waals surface area contributed by atoms with Gasteiger partial charge in [-0.2, -0.15) is 5.10 Å². The number of benzene rings is 1. The van der Waals surface area contributed by atoms with Crippen molar-refractivity contribution in [1.82, 2.24) is 20.4 Å². The average molecular weight is 387 g/mol. The third-order valence-electron chi connectivity index (χ3n) is 4.79. The standard InChI is InChI=1S/C20H22N4O2.ClH/c1-14-16(9-5-11-21-14)22-20(25)18-13-17(19-10-6-12-26-19)23-24(18)15-7-3-2-4-8-15;/h2-4,6-8,10,12-14,16,21H,5,9,11H2,1H3,(H,22,25);1H. The fraction of sp³-hybridized carbons (Fsp3) is 0.300. The predicted molar refractivity (Wildman–Crippen MR) is 106 cm³/mol. The van der Waals surface area contributed by atoms with E-state index in [9.17, 15) is 4.79 Å². The van der Waals surface area contributed by atoms with Crippen molar-refractivity contribution >= 4 is 18.3 Å². The van der Waals surface area contributed by atoms with Gasteiger partial charge in [-0.3, -0.25) is 4.79 Å². The maximum Gasteiger partial charge on any atom is 0.270 e. The Morgan fingerprint density at radius 3 is 2.78 bits per heavy atom. The number of hydrogen-bond acceptors (Lipinski definition) is 4. The molecule has 1 aliphatic rings. The zero-order valence-electron chi connectivity index (χ0n) is 15.1. The van der Waals surface area contributed by atoms with Crippen molar-refractivity contribution in [2.45, 2.75) is 31.8 Å². The normalized spacial score (nSPS) is 19.3. The molecule has 0 spiro atoms. The first-order chi connectivity index (χ1) is 12.7. The first-order valence-corrected chi connectivity index (χ1v) is 8.96. The summed E-state index contributed by atoms with van der Waals surface area (Å²) in [7, 11) is 0. The van der Waals surface area contributed by atoms with Gasteiger partial charge >= 0.3 is 0 Å². The van der Waals surface area contributed by atoms with Crippen LogP contribution in [-0.4, -0.2) is 34.3 Å². The highest BCUT2D eigenvalue weighted by Gasteiger charge is 2.25. The molecule has 1 aromatic carbocycles. The Morgan fingerprint density at radius 2 is 2.07 bits per heavy atom. The van der Waals surface area contributed by atoms with Gasteiger partial charge in [-0.1, -0.05) is 18.2 Å². The van der Waals surface area contributed by atoms with Crippen LogP contribution >= 0.6 is 12.4 Å². The molecule has 2 aromatic heterocycles. The van der Waals surface area contributed by atoms with Crippen molar-refractivity contribution < 1.29 is 9.21 Å². The van der Waals surface area contributed by atoms with Crippen molar-refractivity contribution in [3.05, 3.63) is 60.5 Å². The number of halogens is 1. The second kappa shape index (κ2) is 8.41. The van der Waals surface area contributed by atoms with Crippen LogP contribution in [0, 0.1) is 0 Å². The summed E-state index contributed by atoms with van der Waals surface area (Å²) in [6, 6.07) is 15.5. The van der Waals surface area contributed by atoms with Crippen LogP contribution in [0.4, 0.5) is 0 Å². The Balaban J connectivity index is 0.00000210. The summed E-state index contributed by atoms with van der Waals surface area (Å²) in [5, 5.41) is 11.2. The molecule has 3 aromatic rings. The van der Waals surface area contributed by atoms with E-state index in [-0.39, 0.29) is 30.4 Å². The van der Waals surface area contributed by atoms with Crippen LogP contribution in [0.15, 0.2) is 59.2 Å². The van der Waals surface area contributed by atoms with Crippen molar-refractivity contribution in [3.8, 4) is 17.1 Å². The molecule has 2 N–H and O–H groups in total. The maximum absolute atomic E-state index is 13.0. The van der Waals surface area contributed by atoms with Gasteiger partial charge in [0.15, 0.2) is 5.76 Å². The fourth-order valence-electron chi connectivity index (χ4n) is 3.34. The van der Waals surface area contributed by atoms with Gasteiger partial charge in [0.2, 0.25) is 0 Å². The molecular weight excluding hydrogens is 364 g/mol. The number of nitrogens with one attached hydrogen (secondary N) is 2. The summed E-state index contributed by atoms with van der Waals surface area (Å²) < 4.78 is 7.13. The largest absolute Gasteiger partial charge is 0.463 e. The third-order valence-corrected chi connectivity index (χ3v) is 4.79. The smallest absolute Gasteiger partial charge is 0.270 e. The molecule has 0 aliphatic carbocycles. The zero-order valence-corrected chi connectivity index (χ0v) is 15.9. The fourth-order valence-corrected chi connectivity index (χ4v) is 3.34. The van der Waals surface area contributed by atoms with Crippen LogP contribution < -0.4 is 10.6 Å². The van der Waals surface area contributed by atoms with Crippen LogP contribution in [0.5, 0.6) is 0 Å². The summed E-state index contributed by atoms with van der Waals surface area (Å²) in [6.45, 7) is 3.10. The monoisotopic (exact) mass is 386 g/mol. The van der Waals surface area contributed by atoms with E-state index in [1.807, 2.05) is 42.5 Å². The molecule has 2 atom stereocenters. The molecule has 1 aliphatic heterocycles. The topological polar surface area (TPSA) is 72.1 Å². The lowest BCUT2D eigenvalue weighted by molar-refractivity contribution is 0.0912. The number of aromatic nitrogens is 2. The van der Waals surface area contributed by atoms with Crippen molar-refractivity contribution in [3.63, 3.8) is 0 Å². The summed E-state index contributed by atoms with van der Waals surface area (Å²) in [5.74, 6) is 0.515. The average Bonchev–Trinajstić information content (AvgIpc) is 3.34. The Bertz CT molecular complexity index is 877. The molecule has 27 heavy (non-hydrogen) atoms. The third kappa shape index (κ3) is 4.07. The second-order valence-corrected chi connectivity index (χ2v) is 6.60. The SMILES string of the molecule is CC1NCCCC1NC(=O)c1cc(-c2ccco2)nn1-c1ccccc1.Cl. The van der Waals surface area contributed by atoms with E-state index in [4.69, 9.17) is 4.42 Å². The molecule has 142 valence electrons. The van der Waals surface area contributed by atoms with Gasteiger partial charge in [-0.05, 0) is 50.6 Å². The number of hydrogen-bond donors (Lipinski definition) is 2. The number of rotatable bonds is 4. The highest BCUT2D eigenvalue weighted by Crippen LogP contribution is 2.22. The minimum Gasteiger partial charge on any atom is -0.463 e. The molecular formula is C20H23ClN4O2. The Morgan fingerprint density at radius 1 is 1.26 bits per heavy atom. The van der Waals surface area contributed by atoms with Gasteiger partial charge in [-0.25, -0.2) is 4.68 Å². The van der Waals surface area contributed by atoms with Gasteiger partial charge in [0.05, 0.1) is 12.0 Å². The molecule has 0 bridgehead atoms. The summed E-state index contributed by atoms with van der Waals surface area (Å²) >= 11 is 0. The van der Waals surface area contributed by atoms with E-state index in [2.05, 4.69) is 22.7 Å². The lowest BCUT2D eigenvalue weighted by atomic mass is 10.00. The van der Waals surface area contributed by atoms with Crippen molar-refractivity contribution in [2.75, 3.05) is 6.54 Å². The van der Waals surface area contributed by atoms with E-state index in [1.165, 1.54) is 0 Å². The number of piperidine rings is 1. The van der Waals surface area contributed by atoms with Gasteiger partial charge in [0.1, 0.15) is 11.4 Å². The van der Waals surface area contributed by atoms with E-state index >= 15 is 0 Å². The first kappa shape index (κ1) is 19.2. The predicted octanol–water partition coefficient (Wildman–Crippen LogP) is 3.42. The van der Waals surface area contributed by atoms with Gasteiger partial charge < -0.3 is 15.1 Å². The number of furan rings is 1. The Labute approximate surface area is 164 Å². The molecule has 1 amide bonds. The van der Waals surface area contributed by atoms with Crippen molar-refractivity contribution in [1.29, 1.82) is 0 Å². The van der Waals surface area contributed by atoms with Crippen LogP contribution in [0.3, 0.4) is 0 Å². The molecule has 7 heteroatoms. The van der Waals surface area contributed by atoms with Crippen LogP contribution in [-0.2, 0) is 0 Å². The number of amides is 1. The highest BCUT2D eigenvalue weighted by atomic mass is 35.5. The lowest BCUT2D eigenvalue weighted by Crippen LogP contribution is -2.52. The molecule has 1 saturated heterocycles. The van der Waals surface area contributed by atoms with Crippen molar-refractivity contribution in [2.24, 2.45) is 0 Å².